The van der Waals surface area contributed by atoms with Crippen LogP contribution in [0.15, 0.2) is 85.3 Å². The number of anilines is 4. The van der Waals surface area contributed by atoms with Gasteiger partial charge < -0.3 is 20.4 Å². The van der Waals surface area contributed by atoms with Crippen molar-refractivity contribution in [2.45, 2.75) is 0 Å². The summed E-state index contributed by atoms with van der Waals surface area (Å²) in [5, 5.41) is 6.87. The van der Waals surface area contributed by atoms with Crippen LogP contribution in [0.5, 0.6) is 0 Å². The molecule has 5 rings (SSSR count). The number of amides is 1. The normalized spacial score (nSPS) is 14.3. The fourth-order valence-electron chi connectivity index (χ4n) is 4.30. The highest BCUT2D eigenvalue weighted by molar-refractivity contribution is 6.00. The van der Waals surface area contributed by atoms with Gasteiger partial charge in [-0.15, -0.1) is 0 Å². The SMILES string of the molecule is CN1CCN(c2ccc(Nc3ncc4cccc(-c5cccc(NC(=O)/C=C\F)c5)c4n3)cc2)CC1. The molecular formula is C28H27FN6O. The maximum atomic E-state index is 12.3. The van der Waals surface area contributed by atoms with Crippen molar-refractivity contribution in [2.24, 2.45) is 0 Å². The number of para-hydroxylation sites is 1. The Hall–Kier alpha value is -4.30. The first-order chi connectivity index (χ1) is 17.6. The highest BCUT2D eigenvalue weighted by Gasteiger charge is 2.14. The first-order valence-electron chi connectivity index (χ1n) is 11.8. The molecule has 2 N–H and O–H groups in total. The molecule has 4 aromatic rings. The van der Waals surface area contributed by atoms with Gasteiger partial charge in [0.25, 0.3) is 5.91 Å². The highest BCUT2D eigenvalue weighted by atomic mass is 19.1. The first kappa shape index (κ1) is 23.4. The lowest BCUT2D eigenvalue weighted by Gasteiger charge is -2.34. The summed E-state index contributed by atoms with van der Waals surface area (Å²) in [6.45, 7) is 4.18. The zero-order valence-corrected chi connectivity index (χ0v) is 20.0. The molecule has 182 valence electrons. The second-order valence-electron chi connectivity index (χ2n) is 8.76. The van der Waals surface area contributed by atoms with Crippen LogP contribution in [0, 0.1) is 0 Å². The van der Waals surface area contributed by atoms with Crippen LogP contribution in [0.1, 0.15) is 0 Å². The molecule has 0 aliphatic carbocycles. The zero-order chi connectivity index (χ0) is 24.9. The molecule has 0 unspecified atom stereocenters. The van der Waals surface area contributed by atoms with E-state index in [1.54, 1.807) is 12.3 Å². The lowest BCUT2D eigenvalue weighted by Crippen LogP contribution is -2.44. The van der Waals surface area contributed by atoms with E-state index in [0.717, 1.165) is 60.0 Å². The first-order valence-corrected chi connectivity index (χ1v) is 11.8. The van der Waals surface area contributed by atoms with E-state index in [0.29, 0.717) is 11.6 Å². The lowest BCUT2D eigenvalue weighted by atomic mass is 10.0. The Morgan fingerprint density at radius 3 is 2.53 bits per heavy atom. The number of piperazine rings is 1. The molecular weight excluding hydrogens is 455 g/mol. The van der Waals surface area contributed by atoms with E-state index in [2.05, 4.69) is 44.6 Å². The van der Waals surface area contributed by atoms with Gasteiger partial charge in [-0.25, -0.2) is 14.4 Å². The summed E-state index contributed by atoms with van der Waals surface area (Å²) in [7, 11) is 2.15. The van der Waals surface area contributed by atoms with Gasteiger partial charge in [-0.3, -0.25) is 4.79 Å². The van der Waals surface area contributed by atoms with Crippen molar-refractivity contribution in [2.75, 3.05) is 48.8 Å². The van der Waals surface area contributed by atoms with Gasteiger partial charge in [0.1, 0.15) is 0 Å². The predicted octanol–water partition coefficient (Wildman–Crippen LogP) is 5.21. The minimum Gasteiger partial charge on any atom is -0.369 e. The summed E-state index contributed by atoms with van der Waals surface area (Å²) in [5.74, 6) is -0.0279. The number of aromatic nitrogens is 2. The number of fused-ring (bicyclic) bond motifs is 1. The molecule has 0 spiro atoms. The van der Waals surface area contributed by atoms with Crippen molar-refractivity contribution in [3.63, 3.8) is 0 Å². The molecule has 1 aromatic heterocycles. The fourth-order valence-corrected chi connectivity index (χ4v) is 4.30. The number of nitrogens with zero attached hydrogens (tertiary/aromatic N) is 4. The van der Waals surface area contributed by atoms with Crippen molar-refractivity contribution < 1.29 is 9.18 Å². The van der Waals surface area contributed by atoms with Gasteiger partial charge in [-0.05, 0) is 49.0 Å². The number of carbonyl (C=O) groups excluding carboxylic acids is 1. The lowest BCUT2D eigenvalue weighted by molar-refractivity contribution is -0.111. The fraction of sp³-hybridized carbons (Fsp3) is 0.179. The van der Waals surface area contributed by atoms with E-state index >= 15 is 0 Å². The minimum absolute atomic E-state index is 0.218. The zero-order valence-electron chi connectivity index (χ0n) is 20.0. The standard InChI is InChI=1S/C28H27FN6O/c1-34-14-16-35(17-15-34)24-10-8-22(9-11-24)32-28-30-19-21-5-3-7-25(27(21)33-28)20-4-2-6-23(18-20)31-26(36)12-13-29/h2-13,18-19H,14-17H2,1H3,(H,31,36)(H,30,32,33)/b13-12-. The van der Waals surface area contributed by atoms with Crippen LogP contribution in [0.25, 0.3) is 22.0 Å². The van der Waals surface area contributed by atoms with Gasteiger partial charge >= 0.3 is 0 Å². The topological polar surface area (TPSA) is 73.4 Å². The third-order valence-corrected chi connectivity index (χ3v) is 6.26. The van der Waals surface area contributed by atoms with Gasteiger partial charge in [0.05, 0.1) is 11.8 Å². The third kappa shape index (κ3) is 5.34. The van der Waals surface area contributed by atoms with Crippen LogP contribution in [-0.2, 0) is 4.79 Å². The Morgan fingerprint density at radius 1 is 0.972 bits per heavy atom. The van der Waals surface area contributed by atoms with Crippen molar-refractivity contribution in [3.05, 3.63) is 85.3 Å². The largest absolute Gasteiger partial charge is 0.369 e. The van der Waals surface area contributed by atoms with E-state index in [4.69, 9.17) is 4.98 Å². The third-order valence-electron chi connectivity index (χ3n) is 6.26. The number of carbonyl (C=O) groups is 1. The number of likely N-dealkylation sites (N-methyl/N-ethyl adjacent to an activating group) is 1. The molecule has 0 radical (unpaired) electrons. The Labute approximate surface area is 209 Å². The van der Waals surface area contributed by atoms with Crippen LogP contribution in [0.2, 0.25) is 0 Å². The molecule has 8 heteroatoms. The maximum Gasteiger partial charge on any atom is 0.250 e. The quantitative estimate of drug-likeness (QED) is 0.368. The summed E-state index contributed by atoms with van der Waals surface area (Å²) in [5.41, 5.74) is 5.26. The maximum absolute atomic E-state index is 12.3. The molecule has 1 saturated heterocycles. The Kier molecular flexibility index (Phi) is 6.86. The van der Waals surface area contributed by atoms with Crippen molar-refractivity contribution in [1.82, 2.24) is 14.9 Å². The van der Waals surface area contributed by atoms with E-state index < -0.39 is 5.91 Å². The number of halogens is 1. The van der Waals surface area contributed by atoms with Crippen LogP contribution >= 0.6 is 0 Å². The van der Waals surface area contributed by atoms with Gasteiger partial charge in [0, 0.05) is 66.5 Å². The summed E-state index contributed by atoms with van der Waals surface area (Å²) in [6, 6.07) is 21.6. The van der Waals surface area contributed by atoms with Gasteiger partial charge in [-0.1, -0.05) is 30.3 Å². The molecule has 1 aliphatic rings. The molecule has 7 nitrogen and oxygen atoms in total. The molecule has 0 saturated carbocycles. The Morgan fingerprint density at radius 2 is 1.75 bits per heavy atom. The molecule has 1 fully saturated rings. The summed E-state index contributed by atoms with van der Waals surface area (Å²) in [6.07, 6.45) is 2.85. The second-order valence-corrected chi connectivity index (χ2v) is 8.76. The van der Waals surface area contributed by atoms with Crippen molar-refractivity contribution in [3.8, 4) is 11.1 Å². The predicted molar refractivity (Wildman–Crippen MR) is 143 cm³/mol. The van der Waals surface area contributed by atoms with Gasteiger partial charge in [-0.2, -0.15) is 0 Å². The van der Waals surface area contributed by atoms with Crippen LogP contribution in [-0.4, -0.2) is 54.0 Å². The van der Waals surface area contributed by atoms with Gasteiger partial charge in [0.15, 0.2) is 0 Å². The summed E-state index contributed by atoms with van der Waals surface area (Å²) >= 11 is 0. The molecule has 0 bridgehead atoms. The van der Waals surface area contributed by atoms with Crippen molar-refractivity contribution in [1.29, 1.82) is 0 Å². The van der Waals surface area contributed by atoms with Gasteiger partial charge in [0.2, 0.25) is 5.95 Å². The van der Waals surface area contributed by atoms with Crippen LogP contribution in [0.4, 0.5) is 27.4 Å². The molecule has 2 heterocycles. The number of hydrogen-bond acceptors (Lipinski definition) is 6. The minimum atomic E-state index is -0.528. The van der Waals surface area contributed by atoms with E-state index in [1.165, 1.54) is 5.69 Å². The molecule has 36 heavy (non-hydrogen) atoms. The second kappa shape index (κ2) is 10.5. The summed E-state index contributed by atoms with van der Waals surface area (Å²) in [4.78, 5) is 25.8. The number of nitrogens with one attached hydrogen (secondary N) is 2. The monoisotopic (exact) mass is 482 g/mol. The average molecular weight is 483 g/mol. The molecule has 0 atom stereocenters. The number of hydrogen-bond donors (Lipinski definition) is 2. The van der Waals surface area contributed by atoms with Crippen molar-refractivity contribution >= 4 is 39.8 Å². The van der Waals surface area contributed by atoms with Crippen LogP contribution in [0.3, 0.4) is 0 Å². The molecule has 3 aromatic carbocycles. The van der Waals surface area contributed by atoms with Crippen LogP contribution < -0.4 is 15.5 Å². The van der Waals surface area contributed by atoms with E-state index in [-0.39, 0.29) is 6.33 Å². The number of rotatable bonds is 6. The Balaban J connectivity index is 1.38. The summed E-state index contributed by atoms with van der Waals surface area (Å²) < 4.78 is 12.3. The molecule has 1 aliphatic heterocycles. The van der Waals surface area contributed by atoms with E-state index in [1.807, 2.05) is 48.5 Å². The average Bonchev–Trinajstić information content (AvgIpc) is 2.89. The number of benzene rings is 3. The smallest absolute Gasteiger partial charge is 0.250 e. The Bertz CT molecular complexity index is 1400. The van der Waals surface area contributed by atoms with E-state index in [9.17, 15) is 9.18 Å². The highest BCUT2D eigenvalue weighted by Crippen LogP contribution is 2.30. The molecule has 1 amide bonds.